The molecule has 0 spiro atoms. The lowest BCUT2D eigenvalue weighted by atomic mass is 10.1. The number of aromatic nitrogens is 1. The average molecular weight is 282 g/mol. The zero-order valence-electron chi connectivity index (χ0n) is 10.1. The summed E-state index contributed by atoms with van der Waals surface area (Å²) in [4.78, 5) is 16.5. The van der Waals surface area contributed by atoms with Gasteiger partial charge in [-0.25, -0.2) is 4.98 Å². The highest BCUT2D eigenvalue weighted by atomic mass is 35.5. The molecule has 0 aliphatic rings. The first kappa shape index (κ1) is 13.1. The maximum absolute atomic E-state index is 12.2. The molecule has 0 bridgehead atoms. The smallest absolute Gasteiger partial charge is 0.173 e. The quantitative estimate of drug-likeness (QED) is 0.805. The number of nitrogens with zero attached hydrogens (tertiary/aromatic N) is 1. The van der Waals surface area contributed by atoms with Gasteiger partial charge in [-0.05, 0) is 25.1 Å². The van der Waals surface area contributed by atoms with E-state index in [0.717, 1.165) is 10.7 Å². The molecule has 0 fully saturated rings. The summed E-state index contributed by atoms with van der Waals surface area (Å²) in [5.74, 6) is 0.501. The van der Waals surface area contributed by atoms with E-state index < -0.39 is 0 Å². The van der Waals surface area contributed by atoms with Crippen LogP contribution in [0.25, 0.3) is 0 Å². The highest BCUT2D eigenvalue weighted by Gasteiger charge is 2.15. The molecular weight excluding hydrogens is 270 g/mol. The van der Waals surface area contributed by atoms with Gasteiger partial charge in [0.15, 0.2) is 5.78 Å². The van der Waals surface area contributed by atoms with Crippen LogP contribution < -0.4 is 4.74 Å². The van der Waals surface area contributed by atoms with Crippen LogP contribution in [-0.2, 0) is 6.42 Å². The summed E-state index contributed by atoms with van der Waals surface area (Å²) >= 11 is 7.39. The van der Waals surface area contributed by atoms with Crippen LogP contribution in [0, 0.1) is 6.92 Å². The number of halogens is 1. The first-order chi connectivity index (χ1) is 8.60. The molecule has 1 aromatic heterocycles. The number of benzene rings is 1. The van der Waals surface area contributed by atoms with Crippen molar-refractivity contribution in [2.75, 3.05) is 7.11 Å². The summed E-state index contributed by atoms with van der Waals surface area (Å²) in [6.45, 7) is 1.91. The number of ketones is 1. The topological polar surface area (TPSA) is 39.2 Å². The molecule has 2 aromatic rings. The van der Waals surface area contributed by atoms with Crippen LogP contribution in [0.1, 0.15) is 21.1 Å². The minimum absolute atomic E-state index is 0.0382. The van der Waals surface area contributed by atoms with Crippen LogP contribution in [0.4, 0.5) is 0 Å². The van der Waals surface area contributed by atoms with Crippen molar-refractivity contribution in [3.05, 3.63) is 44.9 Å². The molecule has 0 aliphatic carbocycles. The van der Waals surface area contributed by atoms with E-state index in [1.165, 1.54) is 18.4 Å². The van der Waals surface area contributed by atoms with Crippen LogP contribution in [0.15, 0.2) is 23.6 Å². The Morgan fingerprint density at radius 1 is 1.50 bits per heavy atom. The van der Waals surface area contributed by atoms with Gasteiger partial charge in [0.25, 0.3) is 0 Å². The summed E-state index contributed by atoms with van der Waals surface area (Å²) in [5, 5.41) is 3.26. The summed E-state index contributed by atoms with van der Waals surface area (Å²) < 4.78 is 5.17. The standard InChI is InChI=1S/C13H12ClNO2S/c1-8-7-18-13(15-8)6-11(16)10-5-9(14)3-4-12(10)17-2/h3-5,7H,6H2,1-2H3. The zero-order chi connectivity index (χ0) is 13.1. The van der Waals surface area contributed by atoms with Crippen LogP contribution in [0.5, 0.6) is 5.75 Å². The van der Waals surface area contributed by atoms with Crippen molar-refractivity contribution in [2.24, 2.45) is 0 Å². The molecule has 1 heterocycles. The Morgan fingerprint density at radius 3 is 2.89 bits per heavy atom. The van der Waals surface area contributed by atoms with Crippen molar-refractivity contribution in [1.29, 1.82) is 0 Å². The first-order valence-electron chi connectivity index (χ1n) is 5.38. The van der Waals surface area contributed by atoms with Gasteiger partial charge in [-0.15, -0.1) is 11.3 Å². The molecule has 0 saturated heterocycles. The Labute approximate surface area is 114 Å². The number of thiazole rings is 1. The molecule has 0 radical (unpaired) electrons. The van der Waals surface area contributed by atoms with E-state index in [1.54, 1.807) is 18.2 Å². The Kier molecular flexibility index (Phi) is 3.99. The molecule has 94 valence electrons. The second-order valence-electron chi connectivity index (χ2n) is 3.83. The van der Waals surface area contributed by atoms with Crippen LogP contribution >= 0.6 is 22.9 Å². The fourth-order valence-electron chi connectivity index (χ4n) is 1.61. The Hall–Kier alpha value is -1.39. The number of hydrogen-bond donors (Lipinski definition) is 0. The molecule has 1 aromatic carbocycles. The van der Waals surface area contributed by atoms with Crippen molar-refractivity contribution in [3.63, 3.8) is 0 Å². The molecule has 0 saturated carbocycles. The fraction of sp³-hybridized carbons (Fsp3) is 0.231. The number of ether oxygens (including phenoxy) is 1. The zero-order valence-corrected chi connectivity index (χ0v) is 11.6. The Morgan fingerprint density at radius 2 is 2.28 bits per heavy atom. The number of methoxy groups -OCH3 is 1. The molecule has 0 amide bonds. The summed E-state index contributed by atoms with van der Waals surface area (Å²) in [5.41, 5.74) is 1.43. The van der Waals surface area contributed by atoms with Crippen LogP contribution in [-0.4, -0.2) is 17.9 Å². The molecule has 3 nitrogen and oxygen atoms in total. The van der Waals surface area contributed by atoms with Crippen molar-refractivity contribution in [3.8, 4) is 5.75 Å². The molecule has 2 rings (SSSR count). The van der Waals surface area contributed by atoms with E-state index >= 15 is 0 Å². The van der Waals surface area contributed by atoms with E-state index in [9.17, 15) is 4.79 Å². The van der Waals surface area contributed by atoms with Gasteiger partial charge in [-0.2, -0.15) is 0 Å². The maximum Gasteiger partial charge on any atom is 0.173 e. The molecule has 0 aliphatic heterocycles. The van der Waals surface area contributed by atoms with E-state index in [1.807, 2.05) is 12.3 Å². The Bertz CT molecular complexity index is 580. The third-order valence-electron chi connectivity index (χ3n) is 2.44. The molecule has 0 unspecified atom stereocenters. The average Bonchev–Trinajstić information content (AvgIpc) is 2.74. The minimum Gasteiger partial charge on any atom is -0.496 e. The Balaban J connectivity index is 2.25. The van der Waals surface area contributed by atoms with Gasteiger partial charge in [-0.1, -0.05) is 11.6 Å². The molecular formula is C13H12ClNO2S. The van der Waals surface area contributed by atoms with Gasteiger partial charge in [0.1, 0.15) is 10.8 Å². The largest absolute Gasteiger partial charge is 0.496 e. The van der Waals surface area contributed by atoms with E-state index in [0.29, 0.717) is 16.3 Å². The van der Waals surface area contributed by atoms with Crippen molar-refractivity contribution < 1.29 is 9.53 Å². The lowest BCUT2D eigenvalue weighted by Crippen LogP contribution is -2.05. The number of hydrogen-bond acceptors (Lipinski definition) is 4. The predicted octanol–water partition coefficient (Wildman–Crippen LogP) is 3.54. The van der Waals surface area contributed by atoms with E-state index in [2.05, 4.69) is 4.98 Å². The lowest BCUT2D eigenvalue weighted by molar-refractivity contribution is 0.0990. The number of aryl methyl sites for hydroxylation is 1. The monoisotopic (exact) mass is 281 g/mol. The van der Waals surface area contributed by atoms with Crippen molar-refractivity contribution >= 4 is 28.7 Å². The second-order valence-corrected chi connectivity index (χ2v) is 5.21. The van der Waals surface area contributed by atoms with Crippen molar-refractivity contribution in [1.82, 2.24) is 4.98 Å². The molecule has 18 heavy (non-hydrogen) atoms. The van der Waals surface area contributed by atoms with Crippen LogP contribution in [0.2, 0.25) is 5.02 Å². The highest BCUT2D eigenvalue weighted by molar-refractivity contribution is 7.09. The first-order valence-corrected chi connectivity index (χ1v) is 6.63. The van der Waals surface area contributed by atoms with Crippen molar-refractivity contribution in [2.45, 2.75) is 13.3 Å². The number of carbonyl (C=O) groups excluding carboxylic acids is 1. The van der Waals surface area contributed by atoms with Gasteiger partial charge in [-0.3, -0.25) is 4.79 Å². The number of Topliss-reactive ketones (excluding diaryl/α,β-unsaturated/α-hetero) is 1. The minimum atomic E-state index is -0.0382. The van der Waals surface area contributed by atoms with Crippen LogP contribution in [0.3, 0.4) is 0 Å². The van der Waals surface area contributed by atoms with E-state index in [-0.39, 0.29) is 12.2 Å². The second kappa shape index (κ2) is 5.50. The lowest BCUT2D eigenvalue weighted by Gasteiger charge is -2.07. The van der Waals surface area contributed by atoms with Gasteiger partial charge in [0.2, 0.25) is 0 Å². The van der Waals surface area contributed by atoms with Gasteiger partial charge < -0.3 is 4.74 Å². The maximum atomic E-state index is 12.2. The third kappa shape index (κ3) is 2.89. The fourth-order valence-corrected chi connectivity index (χ4v) is 2.56. The van der Waals surface area contributed by atoms with Gasteiger partial charge in [0, 0.05) is 16.1 Å². The van der Waals surface area contributed by atoms with Gasteiger partial charge >= 0.3 is 0 Å². The number of rotatable bonds is 4. The summed E-state index contributed by atoms with van der Waals surface area (Å²) in [7, 11) is 1.54. The molecule has 0 N–H and O–H groups in total. The predicted molar refractivity (Wildman–Crippen MR) is 72.9 cm³/mol. The van der Waals surface area contributed by atoms with E-state index in [4.69, 9.17) is 16.3 Å². The highest BCUT2D eigenvalue weighted by Crippen LogP contribution is 2.24. The molecule has 0 atom stereocenters. The summed E-state index contributed by atoms with van der Waals surface area (Å²) in [6.07, 6.45) is 0.273. The SMILES string of the molecule is COc1ccc(Cl)cc1C(=O)Cc1nc(C)cs1. The number of carbonyl (C=O) groups is 1. The van der Waals surface area contributed by atoms with Gasteiger partial charge in [0.05, 0.1) is 19.1 Å². The summed E-state index contributed by atoms with van der Waals surface area (Å²) in [6, 6.07) is 5.02. The normalized spacial score (nSPS) is 10.4. The third-order valence-corrected chi connectivity index (χ3v) is 3.64. The molecule has 5 heteroatoms.